The van der Waals surface area contributed by atoms with Crippen LogP contribution in [0.25, 0.3) is 0 Å². The molecule has 1 aromatic rings. The van der Waals surface area contributed by atoms with Crippen molar-refractivity contribution < 1.29 is 9.59 Å². The lowest BCUT2D eigenvalue weighted by Crippen LogP contribution is -2.47. The molecule has 3 heterocycles. The van der Waals surface area contributed by atoms with E-state index in [1.54, 1.807) is 17.3 Å². The van der Waals surface area contributed by atoms with Crippen LogP contribution in [0.15, 0.2) is 24.5 Å². The Hall–Kier alpha value is -1.91. The van der Waals surface area contributed by atoms with Gasteiger partial charge < -0.3 is 9.80 Å². The van der Waals surface area contributed by atoms with Crippen LogP contribution < -0.4 is 0 Å². The first-order valence-electron chi connectivity index (χ1n) is 7.73. The first kappa shape index (κ1) is 14.0. The molecule has 21 heavy (non-hydrogen) atoms. The summed E-state index contributed by atoms with van der Waals surface area (Å²) in [6, 6.07) is 3.49. The Labute approximate surface area is 124 Å². The van der Waals surface area contributed by atoms with Gasteiger partial charge in [-0.05, 0) is 37.3 Å². The van der Waals surface area contributed by atoms with Crippen LogP contribution in [0, 0.1) is 0 Å². The van der Waals surface area contributed by atoms with E-state index < -0.39 is 0 Å². The second kappa shape index (κ2) is 6.24. The highest BCUT2D eigenvalue weighted by atomic mass is 16.2. The Balaban J connectivity index is 1.65. The number of likely N-dealkylation sites (tertiary alicyclic amines) is 2. The third-order valence-corrected chi connectivity index (χ3v) is 4.35. The average Bonchev–Trinajstić information content (AvgIpc) is 3.19. The van der Waals surface area contributed by atoms with Crippen LogP contribution in [0.3, 0.4) is 0 Å². The van der Waals surface area contributed by atoms with Gasteiger partial charge in [0.05, 0.1) is 6.42 Å². The predicted molar refractivity (Wildman–Crippen MR) is 78.5 cm³/mol. The van der Waals surface area contributed by atoms with Crippen LogP contribution in [0.1, 0.15) is 31.2 Å². The minimum atomic E-state index is -0.243. The lowest BCUT2D eigenvalue weighted by molar-refractivity contribution is -0.142. The van der Waals surface area contributed by atoms with E-state index in [0.717, 1.165) is 44.3 Å². The SMILES string of the molecule is O=C([C@@H]1CCCN1C(=O)Cc1cccnc1)N1CCCC1. The highest BCUT2D eigenvalue weighted by molar-refractivity contribution is 5.89. The maximum atomic E-state index is 12.5. The predicted octanol–water partition coefficient (Wildman–Crippen LogP) is 1.24. The molecule has 2 aliphatic rings. The largest absolute Gasteiger partial charge is 0.341 e. The first-order chi connectivity index (χ1) is 10.3. The van der Waals surface area contributed by atoms with Gasteiger partial charge >= 0.3 is 0 Å². The Bertz CT molecular complexity index is 512. The van der Waals surface area contributed by atoms with Crippen LogP contribution in [-0.2, 0) is 16.0 Å². The summed E-state index contributed by atoms with van der Waals surface area (Å²) >= 11 is 0. The van der Waals surface area contributed by atoms with Gasteiger partial charge in [-0.15, -0.1) is 0 Å². The number of carbonyl (C=O) groups excluding carboxylic acids is 2. The molecule has 0 bridgehead atoms. The standard InChI is InChI=1S/C16H21N3O2/c20-15(11-13-5-3-7-17-12-13)19-10-4-6-14(19)16(21)18-8-1-2-9-18/h3,5,7,12,14H,1-2,4,6,8-11H2/t14-/m0/s1. The zero-order chi connectivity index (χ0) is 14.7. The molecule has 2 aliphatic heterocycles. The fourth-order valence-corrected chi connectivity index (χ4v) is 3.25. The summed E-state index contributed by atoms with van der Waals surface area (Å²) in [5.74, 6) is 0.183. The summed E-state index contributed by atoms with van der Waals surface area (Å²) in [5, 5.41) is 0. The lowest BCUT2D eigenvalue weighted by atomic mass is 10.1. The van der Waals surface area contributed by atoms with Gasteiger partial charge in [0.25, 0.3) is 0 Å². The summed E-state index contributed by atoms with van der Waals surface area (Å²) in [6.07, 6.45) is 7.63. The van der Waals surface area contributed by atoms with Crippen molar-refractivity contribution in [2.75, 3.05) is 19.6 Å². The molecular weight excluding hydrogens is 266 g/mol. The average molecular weight is 287 g/mol. The molecular formula is C16H21N3O2. The third kappa shape index (κ3) is 3.06. The van der Waals surface area contributed by atoms with Crippen LogP contribution in [0.4, 0.5) is 0 Å². The molecule has 2 fully saturated rings. The number of aromatic nitrogens is 1. The van der Waals surface area contributed by atoms with E-state index in [2.05, 4.69) is 4.98 Å². The minimum Gasteiger partial charge on any atom is -0.341 e. The topological polar surface area (TPSA) is 53.5 Å². The van der Waals surface area contributed by atoms with Crippen molar-refractivity contribution in [3.8, 4) is 0 Å². The van der Waals surface area contributed by atoms with Gasteiger partial charge in [0.15, 0.2) is 0 Å². The molecule has 0 saturated carbocycles. The highest BCUT2D eigenvalue weighted by Gasteiger charge is 2.36. The molecule has 0 radical (unpaired) electrons. The number of rotatable bonds is 3. The lowest BCUT2D eigenvalue weighted by Gasteiger charge is -2.27. The van der Waals surface area contributed by atoms with E-state index in [1.807, 2.05) is 17.0 Å². The van der Waals surface area contributed by atoms with Crippen molar-refractivity contribution in [2.45, 2.75) is 38.1 Å². The van der Waals surface area contributed by atoms with Crippen molar-refractivity contribution in [3.63, 3.8) is 0 Å². The van der Waals surface area contributed by atoms with Gasteiger partial charge in [-0.1, -0.05) is 6.07 Å². The van der Waals surface area contributed by atoms with Crippen molar-refractivity contribution >= 4 is 11.8 Å². The van der Waals surface area contributed by atoms with Crippen LogP contribution in [0.5, 0.6) is 0 Å². The monoisotopic (exact) mass is 287 g/mol. The number of hydrogen-bond acceptors (Lipinski definition) is 3. The molecule has 0 N–H and O–H groups in total. The minimum absolute atomic E-state index is 0.0399. The molecule has 5 heteroatoms. The van der Waals surface area contributed by atoms with E-state index in [1.165, 1.54) is 0 Å². The Morgan fingerprint density at radius 2 is 2.00 bits per heavy atom. The smallest absolute Gasteiger partial charge is 0.245 e. The molecule has 3 rings (SSSR count). The Kier molecular flexibility index (Phi) is 4.18. The van der Waals surface area contributed by atoms with E-state index in [-0.39, 0.29) is 17.9 Å². The molecule has 0 aliphatic carbocycles. The molecule has 0 unspecified atom stereocenters. The number of amides is 2. The van der Waals surface area contributed by atoms with Crippen molar-refractivity contribution in [2.24, 2.45) is 0 Å². The summed E-state index contributed by atoms with van der Waals surface area (Å²) < 4.78 is 0. The van der Waals surface area contributed by atoms with E-state index >= 15 is 0 Å². The molecule has 1 atom stereocenters. The van der Waals surface area contributed by atoms with Gasteiger partial charge in [0.1, 0.15) is 6.04 Å². The summed E-state index contributed by atoms with van der Waals surface area (Å²) in [6.45, 7) is 2.39. The van der Waals surface area contributed by atoms with Gasteiger partial charge in [-0.25, -0.2) is 0 Å². The second-order valence-electron chi connectivity index (χ2n) is 5.82. The van der Waals surface area contributed by atoms with Gasteiger partial charge in [0.2, 0.25) is 11.8 Å². The number of carbonyl (C=O) groups is 2. The number of hydrogen-bond donors (Lipinski definition) is 0. The molecule has 2 amide bonds. The molecule has 2 saturated heterocycles. The fourth-order valence-electron chi connectivity index (χ4n) is 3.25. The number of pyridine rings is 1. The Morgan fingerprint density at radius 3 is 2.71 bits per heavy atom. The summed E-state index contributed by atoms with van der Waals surface area (Å²) in [4.78, 5) is 32.7. The van der Waals surface area contributed by atoms with Crippen molar-refractivity contribution in [1.82, 2.24) is 14.8 Å². The van der Waals surface area contributed by atoms with Gasteiger partial charge in [-0.2, -0.15) is 0 Å². The zero-order valence-electron chi connectivity index (χ0n) is 12.2. The van der Waals surface area contributed by atoms with E-state index in [9.17, 15) is 9.59 Å². The normalized spacial score (nSPS) is 21.8. The molecule has 1 aromatic heterocycles. The van der Waals surface area contributed by atoms with Crippen molar-refractivity contribution in [1.29, 1.82) is 0 Å². The highest BCUT2D eigenvalue weighted by Crippen LogP contribution is 2.22. The van der Waals surface area contributed by atoms with Gasteiger partial charge in [0, 0.05) is 32.0 Å². The van der Waals surface area contributed by atoms with Crippen molar-refractivity contribution in [3.05, 3.63) is 30.1 Å². The number of nitrogens with zero attached hydrogens (tertiary/aromatic N) is 3. The zero-order valence-corrected chi connectivity index (χ0v) is 12.2. The second-order valence-corrected chi connectivity index (χ2v) is 5.82. The fraction of sp³-hybridized carbons (Fsp3) is 0.562. The summed E-state index contributed by atoms with van der Waals surface area (Å²) in [5.41, 5.74) is 0.904. The molecule has 0 aromatic carbocycles. The van der Waals surface area contributed by atoms with Gasteiger partial charge in [-0.3, -0.25) is 14.6 Å². The quantitative estimate of drug-likeness (QED) is 0.840. The van der Waals surface area contributed by atoms with Crippen LogP contribution >= 0.6 is 0 Å². The molecule has 5 nitrogen and oxygen atoms in total. The molecule has 112 valence electrons. The van der Waals surface area contributed by atoms with E-state index in [0.29, 0.717) is 13.0 Å². The third-order valence-electron chi connectivity index (χ3n) is 4.35. The molecule has 0 spiro atoms. The van der Waals surface area contributed by atoms with Crippen LogP contribution in [-0.4, -0.2) is 52.3 Å². The maximum Gasteiger partial charge on any atom is 0.245 e. The Morgan fingerprint density at radius 1 is 1.19 bits per heavy atom. The summed E-state index contributed by atoms with van der Waals surface area (Å²) in [7, 11) is 0. The first-order valence-corrected chi connectivity index (χ1v) is 7.73. The van der Waals surface area contributed by atoms with Crippen LogP contribution in [0.2, 0.25) is 0 Å². The maximum absolute atomic E-state index is 12.5. The van der Waals surface area contributed by atoms with E-state index in [4.69, 9.17) is 0 Å².